The number of benzene rings is 1. The van der Waals surface area contributed by atoms with Crippen molar-refractivity contribution in [2.24, 2.45) is 5.41 Å². The molecule has 1 saturated heterocycles. The number of ether oxygens (including phenoxy) is 1. The molecular weight excluding hydrogens is 524 g/mol. The Balaban J connectivity index is 1.01. The summed E-state index contributed by atoms with van der Waals surface area (Å²) in [4.78, 5) is 22.6. The normalized spacial score (nSPS) is 15.7. The molecular formula is C26H27F2N9O3. The van der Waals surface area contributed by atoms with Gasteiger partial charge in [-0.05, 0) is 56.9 Å². The van der Waals surface area contributed by atoms with Gasteiger partial charge in [-0.1, -0.05) is 10.3 Å². The van der Waals surface area contributed by atoms with Crippen molar-refractivity contribution in [3.63, 3.8) is 0 Å². The molecule has 4 aromatic rings. The number of anilines is 2. The van der Waals surface area contributed by atoms with Crippen LogP contribution in [0, 0.1) is 17.0 Å². The molecule has 14 heteroatoms. The molecule has 1 aromatic carbocycles. The van der Waals surface area contributed by atoms with Crippen molar-refractivity contribution in [2.75, 3.05) is 23.3 Å². The van der Waals surface area contributed by atoms with Gasteiger partial charge in [0.2, 0.25) is 5.95 Å². The van der Waals surface area contributed by atoms with Crippen LogP contribution < -0.4 is 10.2 Å². The van der Waals surface area contributed by atoms with E-state index in [4.69, 9.17) is 9.15 Å². The monoisotopic (exact) mass is 551 g/mol. The van der Waals surface area contributed by atoms with Crippen molar-refractivity contribution in [1.29, 1.82) is 0 Å². The van der Waals surface area contributed by atoms with Crippen molar-refractivity contribution in [1.82, 2.24) is 35.2 Å². The first-order chi connectivity index (χ1) is 19.1. The number of esters is 1. The molecule has 2 aliphatic rings. The maximum absolute atomic E-state index is 13.5. The maximum Gasteiger partial charge on any atom is 0.318 e. The van der Waals surface area contributed by atoms with Crippen LogP contribution in [0.25, 0.3) is 11.5 Å². The van der Waals surface area contributed by atoms with Crippen LogP contribution in [0.15, 0.2) is 35.1 Å². The van der Waals surface area contributed by atoms with E-state index >= 15 is 0 Å². The second-order valence-electron chi connectivity index (χ2n) is 11.1. The third-order valence-corrected chi connectivity index (χ3v) is 6.89. The van der Waals surface area contributed by atoms with Crippen molar-refractivity contribution < 1.29 is 22.7 Å². The molecule has 3 aromatic heterocycles. The zero-order valence-corrected chi connectivity index (χ0v) is 22.1. The molecule has 0 unspecified atom stereocenters. The Kier molecular flexibility index (Phi) is 6.39. The van der Waals surface area contributed by atoms with Gasteiger partial charge in [-0.2, -0.15) is 0 Å². The fraction of sp³-hybridized carbons (Fsp3) is 0.423. The van der Waals surface area contributed by atoms with Crippen molar-refractivity contribution in [3.8, 4) is 11.5 Å². The lowest BCUT2D eigenvalue weighted by atomic mass is 9.97. The molecule has 0 bridgehead atoms. The molecule has 40 heavy (non-hydrogen) atoms. The highest BCUT2D eigenvalue weighted by Crippen LogP contribution is 2.31. The summed E-state index contributed by atoms with van der Waals surface area (Å²) in [5, 5.41) is 19.7. The molecule has 12 nitrogen and oxygen atoms in total. The lowest BCUT2D eigenvalue weighted by Crippen LogP contribution is -2.45. The van der Waals surface area contributed by atoms with Crippen LogP contribution in [0.3, 0.4) is 0 Å². The largest absolute Gasteiger partial charge is 0.442 e. The van der Waals surface area contributed by atoms with E-state index in [1.54, 1.807) is 39.4 Å². The lowest BCUT2D eigenvalue weighted by Gasteiger charge is -2.36. The molecule has 1 N–H and O–H groups in total. The number of carbonyl (C=O) groups is 1. The molecule has 1 aliphatic carbocycles. The van der Waals surface area contributed by atoms with Gasteiger partial charge in [0.15, 0.2) is 18.4 Å². The molecule has 208 valence electrons. The molecule has 4 heterocycles. The average Bonchev–Trinajstić information content (AvgIpc) is 3.63. The van der Waals surface area contributed by atoms with Crippen LogP contribution in [-0.2, 0) is 29.1 Å². The quantitative estimate of drug-likeness (QED) is 0.339. The van der Waals surface area contributed by atoms with Gasteiger partial charge in [0, 0.05) is 37.4 Å². The SMILES string of the molecule is CC(C)(C)C(=O)OCn1cc(C2CN(c3nnc(-c4cnc(NC5Cc6cc(F)c(F)cc6C5)nc4)o3)C2)nn1. The van der Waals surface area contributed by atoms with Gasteiger partial charge in [0.25, 0.3) is 5.89 Å². The van der Waals surface area contributed by atoms with Gasteiger partial charge >= 0.3 is 12.0 Å². The Morgan fingerprint density at radius 3 is 2.40 bits per heavy atom. The molecule has 0 amide bonds. The third kappa shape index (κ3) is 5.20. The number of hydrogen-bond donors (Lipinski definition) is 1. The Hall–Kier alpha value is -4.49. The van der Waals surface area contributed by atoms with Crippen LogP contribution >= 0.6 is 0 Å². The van der Waals surface area contributed by atoms with Crippen molar-refractivity contribution in [2.45, 2.75) is 52.3 Å². The lowest BCUT2D eigenvalue weighted by molar-refractivity contribution is -0.157. The topological polar surface area (TPSA) is 137 Å². The van der Waals surface area contributed by atoms with E-state index in [-0.39, 0.29) is 30.6 Å². The van der Waals surface area contributed by atoms with Crippen molar-refractivity contribution in [3.05, 3.63) is 59.2 Å². The van der Waals surface area contributed by atoms with Crippen LogP contribution in [0.5, 0.6) is 0 Å². The zero-order valence-electron chi connectivity index (χ0n) is 22.1. The van der Waals surface area contributed by atoms with Crippen LogP contribution in [0.1, 0.15) is 43.5 Å². The smallest absolute Gasteiger partial charge is 0.318 e. The summed E-state index contributed by atoms with van der Waals surface area (Å²) < 4.78 is 39.7. The summed E-state index contributed by atoms with van der Waals surface area (Å²) in [6, 6.07) is 2.82. The van der Waals surface area contributed by atoms with E-state index < -0.39 is 17.0 Å². The Morgan fingerprint density at radius 1 is 1.07 bits per heavy atom. The van der Waals surface area contributed by atoms with E-state index in [1.165, 1.54) is 16.8 Å². The predicted octanol–water partition coefficient (Wildman–Crippen LogP) is 3.13. The van der Waals surface area contributed by atoms with Gasteiger partial charge in [-0.3, -0.25) is 4.79 Å². The van der Waals surface area contributed by atoms with Gasteiger partial charge < -0.3 is 19.4 Å². The van der Waals surface area contributed by atoms with E-state index in [0.717, 1.165) is 16.8 Å². The first-order valence-corrected chi connectivity index (χ1v) is 12.8. The minimum atomic E-state index is -0.837. The van der Waals surface area contributed by atoms with Gasteiger partial charge in [-0.25, -0.2) is 23.4 Å². The van der Waals surface area contributed by atoms with Gasteiger partial charge in [0.05, 0.1) is 22.9 Å². The van der Waals surface area contributed by atoms with Crippen LogP contribution in [0.4, 0.5) is 20.7 Å². The third-order valence-electron chi connectivity index (χ3n) is 6.89. The number of fused-ring (bicyclic) bond motifs is 1. The molecule has 0 saturated carbocycles. The van der Waals surface area contributed by atoms with Gasteiger partial charge in [0.1, 0.15) is 0 Å². The van der Waals surface area contributed by atoms with E-state index in [9.17, 15) is 13.6 Å². The highest BCUT2D eigenvalue weighted by atomic mass is 19.2. The second kappa shape index (κ2) is 9.92. The molecule has 0 radical (unpaired) electrons. The molecule has 0 spiro atoms. The number of carbonyl (C=O) groups excluding carboxylic acids is 1. The number of nitrogens with one attached hydrogen (secondary N) is 1. The molecule has 0 atom stereocenters. The molecule has 1 fully saturated rings. The van der Waals surface area contributed by atoms with E-state index in [2.05, 4.69) is 35.8 Å². The van der Waals surface area contributed by atoms with E-state index in [1.807, 2.05) is 4.90 Å². The Morgan fingerprint density at radius 2 is 1.75 bits per heavy atom. The fourth-order valence-electron chi connectivity index (χ4n) is 4.60. The standard InChI is InChI=1S/C26H27F2N9O3/c1-26(2,3)23(38)39-13-37-12-21(32-35-37)17-10-36(11-17)25-34-33-22(40-25)16-8-29-24(30-9-16)31-18-4-14-6-19(27)20(28)7-15(14)5-18/h6-9,12,17-18H,4-5,10-11,13H2,1-3H3,(H,29,30,31). The number of rotatable bonds is 7. The number of hydrogen-bond acceptors (Lipinski definition) is 11. The Bertz CT molecular complexity index is 1510. The first-order valence-electron chi connectivity index (χ1n) is 12.8. The highest BCUT2D eigenvalue weighted by Gasteiger charge is 2.34. The first kappa shape index (κ1) is 25.8. The minimum absolute atomic E-state index is 0.0111. The summed E-state index contributed by atoms with van der Waals surface area (Å²) in [5.41, 5.74) is 2.34. The predicted molar refractivity (Wildman–Crippen MR) is 137 cm³/mol. The Labute approximate surface area is 227 Å². The van der Waals surface area contributed by atoms with E-state index in [0.29, 0.717) is 43.5 Å². The molecule has 6 rings (SSSR count). The summed E-state index contributed by atoms with van der Waals surface area (Å²) in [5.74, 6) is -1.17. The summed E-state index contributed by atoms with van der Waals surface area (Å²) >= 11 is 0. The molecule has 1 aliphatic heterocycles. The highest BCUT2D eigenvalue weighted by molar-refractivity contribution is 5.75. The van der Waals surface area contributed by atoms with Crippen molar-refractivity contribution >= 4 is 17.9 Å². The summed E-state index contributed by atoms with van der Waals surface area (Å²) in [6.45, 7) is 6.63. The number of nitrogens with zero attached hydrogens (tertiary/aromatic N) is 8. The average molecular weight is 552 g/mol. The summed E-state index contributed by atoms with van der Waals surface area (Å²) in [7, 11) is 0. The fourth-order valence-corrected chi connectivity index (χ4v) is 4.60. The minimum Gasteiger partial charge on any atom is -0.442 e. The number of halogens is 2. The maximum atomic E-state index is 13.5. The van der Waals surface area contributed by atoms with Gasteiger partial charge in [-0.15, -0.1) is 10.2 Å². The van der Waals surface area contributed by atoms with Crippen LogP contribution in [-0.4, -0.2) is 60.3 Å². The second-order valence-corrected chi connectivity index (χ2v) is 11.1. The summed E-state index contributed by atoms with van der Waals surface area (Å²) in [6.07, 6.45) is 6.05. The number of aromatic nitrogens is 7. The zero-order chi connectivity index (χ0) is 28.0. The van der Waals surface area contributed by atoms with Crippen LogP contribution in [0.2, 0.25) is 0 Å².